The van der Waals surface area contributed by atoms with E-state index in [1.54, 1.807) is 0 Å². The van der Waals surface area contributed by atoms with E-state index in [2.05, 4.69) is 28.3 Å². The molecule has 130 valence electrons. The molecule has 1 aromatic heterocycles. The van der Waals surface area contributed by atoms with Crippen molar-refractivity contribution in [2.45, 2.75) is 13.3 Å². The quantitative estimate of drug-likeness (QED) is 0.716. The number of thioether (sulfide) groups is 1. The van der Waals surface area contributed by atoms with E-state index in [-0.39, 0.29) is 5.91 Å². The van der Waals surface area contributed by atoms with Crippen LogP contribution < -0.4 is 5.32 Å². The summed E-state index contributed by atoms with van der Waals surface area (Å²) in [5.41, 5.74) is 3.99. The van der Waals surface area contributed by atoms with Crippen LogP contribution in [0.25, 0.3) is 17.1 Å². The highest BCUT2D eigenvalue weighted by Gasteiger charge is 2.25. The maximum absolute atomic E-state index is 12.3. The summed E-state index contributed by atoms with van der Waals surface area (Å²) in [6.07, 6.45) is 2.71. The molecule has 1 amide bonds. The Morgan fingerprint density at radius 2 is 1.96 bits per heavy atom. The molecule has 1 fully saturated rings. The van der Waals surface area contributed by atoms with E-state index in [0.29, 0.717) is 10.1 Å². The summed E-state index contributed by atoms with van der Waals surface area (Å²) in [7, 11) is 1.95. The number of hydrogen-bond acceptors (Lipinski definition) is 4. The molecule has 2 aromatic carbocycles. The second-order valence-electron chi connectivity index (χ2n) is 5.98. The molecule has 26 heavy (non-hydrogen) atoms. The summed E-state index contributed by atoms with van der Waals surface area (Å²) in [6.45, 7) is 2.09. The summed E-state index contributed by atoms with van der Waals surface area (Å²) >= 11 is 1.34. The molecule has 4 rings (SSSR count). The zero-order valence-corrected chi connectivity index (χ0v) is 15.4. The molecule has 2 heterocycles. The number of amidine groups is 1. The third kappa shape index (κ3) is 3.04. The highest BCUT2D eigenvalue weighted by molar-refractivity contribution is 8.18. The number of imidazole rings is 1. The molecular formula is C20H18N4OS. The second-order valence-corrected chi connectivity index (χ2v) is 7.01. The fourth-order valence-corrected chi connectivity index (χ4v) is 3.72. The van der Waals surface area contributed by atoms with Crippen molar-refractivity contribution >= 4 is 45.6 Å². The zero-order chi connectivity index (χ0) is 18.1. The molecule has 0 unspecified atom stereocenters. The summed E-state index contributed by atoms with van der Waals surface area (Å²) in [5, 5.41) is 3.44. The van der Waals surface area contributed by atoms with Crippen LogP contribution in [0.15, 0.2) is 58.4 Å². The van der Waals surface area contributed by atoms with E-state index < -0.39 is 0 Å². The van der Waals surface area contributed by atoms with Crippen LogP contribution in [0, 0.1) is 0 Å². The molecule has 1 aliphatic rings. The maximum Gasteiger partial charge on any atom is 0.264 e. The first-order valence-corrected chi connectivity index (χ1v) is 9.26. The number of nitrogens with zero attached hydrogens (tertiary/aromatic N) is 3. The van der Waals surface area contributed by atoms with Crippen molar-refractivity contribution in [1.29, 1.82) is 0 Å². The molecule has 1 saturated heterocycles. The summed E-state index contributed by atoms with van der Waals surface area (Å²) < 4.78 is 1.98. The zero-order valence-electron chi connectivity index (χ0n) is 14.6. The van der Waals surface area contributed by atoms with Crippen molar-refractivity contribution in [3.8, 4) is 0 Å². The molecule has 1 N–H and O–H groups in total. The van der Waals surface area contributed by atoms with E-state index in [1.165, 1.54) is 11.8 Å². The topological polar surface area (TPSA) is 59.3 Å². The molecule has 0 aliphatic carbocycles. The Morgan fingerprint density at radius 1 is 1.19 bits per heavy atom. The van der Waals surface area contributed by atoms with Crippen LogP contribution >= 0.6 is 11.8 Å². The predicted molar refractivity (Wildman–Crippen MR) is 107 cm³/mol. The molecule has 0 radical (unpaired) electrons. The third-order valence-electron chi connectivity index (χ3n) is 4.33. The number of aryl methyl sites for hydroxylation is 2. The first-order valence-electron chi connectivity index (χ1n) is 8.44. The summed E-state index contributed by atoms with van der Waals surface area (Å²) in [4.78, 5) is 22.2. The Morgan fingerprint density at radius 3 is 2.77 bits per heavy atom. The van der Waals surface area contributed by atoms with E-state index in [4.69, 9.17) is 0 Å². The largest absolute Gasteiger partial charge is 0.328 e. The number of aliphatic imine (C=N–C) groups is 1. The normalized spacial score (nSPS) is 17.4. The van der Waals surface area contributed by atoms with Crippen LogP contribution in [0.4, 0.5) is 5.69 Å². The average molecular weight is 362 g/mol. The summed E-state index contributed by atoms with van der Waals surface area (Å²) in [5.74, 6) is 0.605. The first-order chi connectivity index (χ1) is 12.7. The van der Waals surface area contributed by atoms with Crippen molar-refractivity contribution in [1.82, 2.24) is 14.9 Å². The van der Waals surface area contributed by atoms with Gasteiger partial charge in [-0.3, -0.25) is 4.79 Å². The molecule has 1 aliphatic heterocycles. The molecular weight excluding hydrogens is 344 g/mol. The van der Waals surface area contributed by atoms with Gasteiger partial charge in [-0.2, -0.15) is 0 Å². The lowest BCUT2D eigenvalue weighted by molar-refractivity contribution is -0.115. The van der Waals surface area contributed by atoms with Crippen LogP contribution in [0.1, 0.15) is 18.3 Å². The number of para-hydroxylation sites is 3. The molecule has 6 heteroatoms. The number of nitrogens with one attached hydrogen (secondary N) is 1. The van der Waals surface area contributed by atoms with Gasteiger partial charge in [-0.15, -0.1) is 0 Å². The van der Waals surface area contributed by atoms with Gasteiger partial charge in [0, 0.05) is 13.1 Å². The van der Waals surface area contributed by atoms with Gasteiger partial charge >= 0.3 is 0 Å². The minimum absolute atomic E-state index is 0.144. The van der Waals surface area contributed by atoms with Crippen molar-refractivity contribution < 1.29 is 4.79 Å². The second kappa shape index (κ2) is 6.80. The number of amides is 1. The minimum atomic E-state index is -0.144. The Hall–Kier alpha value is -2.86. The molecule has 3 aromatic rings. The van der Waals surface area contributed by atoms with Crippen molar-refractivity contribution in [3.63, 3.8) is 0 Å². The van der Waals surface area contributed by atoms with Gasteiger partial charge in [0.15, 0.2) is 5.17 Å². The van der Waals surface area contributed by atoms with E-state index in [0.717, 1.165) is 34.5 Å². The smallest absolute Gasteiger partial charge is 0.264 e. The Labute approximate surface area is 155 Å². The lowest BCUT2D eigenvalue weighted by atomic mass is 10.1. The van der Waals surface area contributed by atoms with Gasteiger partial charge in [-0.05, 0) is 41.9 Å². The van der Waals surface area contributed by atoms with Gasteiger partial charge in [0.2, 0.25) is 0 Å². The minimum Gasteiger partial charge on any atom is -0.328 e. The van der Waals surface area contributed by atoms with Gasteiger partial charge in [-0.1, -0.05) is 37.3 Å². The van der Waals surface area contributed by atoms with Gasteiger partial charge < -0.3 is 9.88 Å². The fraction of sp³-hybridized carbons (Fsp3) is 0.150. The van der Waals surface area contributed by atoms with Crippen molar-refractivity contribution in [3.05, 3.63) is 64.8 Å². The van der Waals surface area contributed by atoms with Crippen molar-refractivity contribution in [2.24, 2.45) is 12.0 Å². The van der Waals surface area contributed by atoms with Gasteiger partial charge in [0.05, 0.1) is 21.6 Å². The Kier molecular flexibility index (Phi) is 4.34. The highest BCUT2D eigenvalue weighted by Crippen LogP contribution is 2.29. The van der Waals surface area contributed by atoms with E-state index >= 15 is 0 Å². The number of carbonyl (C=O) groups excluding carboxylic acids is 1. The Bertz CT molecular complexity index is 1060. The Balaban J connectivity index is 1.66. The summed E-state index contributed by atoms with van der Waals surface area (Å²) in [6, 6.07) is 15.9. The van der Waals surface area contributed by atoms with Crippen LogP contribution in [-0.2, 0) is 18.3 Å². The number of benzene rings is 2. The fourth-order valence-electron chi connectivity index (χ4n) is 2.92. The van der Waals surface area contributed by atoms with E-state index in [9.17, 15) is 4.79 Å². The third-order valence-corrected chi connectivity index (χ3v) is 5.24. The van der Waals surface area contributed by atoms with E-state index in [1.807, 2.05) is 60.2 Å². The monoisotopic (exact) mass is 362 g/mol. The molecule has 0 atom stereocenters. The lowest BCUT2D eigenvalue weighted by Crippen LogP contribution is -2.19. The van der Waals surface area contributed by atoms with Crippen LogP contribution in [0.5, 0.6) is 0 Å². The van der Waals surface area contributed by atoms with Crippen molar-refractivity contribution in [2.75, 3.05) is 0 Å². The molecule has 0 spiro atoms. The van der Waals surface area contributed by atoms with Crippen LogP contribution in [-0.4, -0.2) is 20.6 Å². The maximum atomic E-state index is 12.3. The lowest BCUT2D eigenvalue weighted by Gasteiger charge is -2.02. The number of fused-ring (bicyclic) bond motifs is 1. The van der Waals surface area contributed by atoms with Gasteiger partial charge in [0.1, 0.15) is 5.82 Å². The highest BCUT2D eigenvalue weighted by atomic mass is 32.2. The number of rotatable bonds is 3. The van der Waals surface area contributed by atoms with Gasteiger partial charge in [0.25, 0.3) is 5.91 Å². The first kappa shape index (κ1) is 16.6. The van der Waals surface area contributed by atoms with Crippen LogP contribution in [0.3, 0.4) is 0 Å². The van der Waals surface area contributed by atoms with Gasteiger partial charge in [-0.25, -0.2) is 9.98 Å². The van der Waals surface area contributed by atoms with Crippen LogP contribution in [0.2, 0.25) is 0 Å². The molecule has 0 saturated carbocycles. The molecule has 0 bridgehead atoms. The standard InChI is InChI=1S/C20H18N4OS/c1-3-13-8-4-5-9-14(13)22-20-23-19(25)17(26-20)12-18-21-15-10-6-7-11-16(15)24(18)2/h4-12H,3H2,1-2H3,(H,22,23,25)/b17-12+. The SMILES string of the molecule is CCc1ccccc1N=C1NC(=O)/C(=C\c2nc3ccccc3n2C)S1. The average Bonchev–Trinajstić information content (AvgIpc) is 3.16. The predicted octanol–water partition coefficient (Wildman–Crippen LogP) is 4.03. The molecule has 5 nitrogen and oxygen atoms in total. The number of carbonyl (C=O) groups is 1. The number of hydrogen-bond donors (Lipinski definition) is 1. The number of aromatic nitrogens is 2.